The highest BCUT2D eigenvalue weighted by molar-refractivity contribution is 7.11. The maximum atomic E-state index is 13.3. The summed E-state index contributed by atoms with van der Waals surface area (Å²) in [5, 5.41) is 3.90. The van der Waals surface area contributed by atoms with Crippen LogP contribution < -0.4 is 10.1 Å². The molecule has 224 valence electrons. The van der Waals surface area contributed by atoms with Crippen LogP contribution in [0.25, 0.3) is 0 Å². The van der Waals surface area contributed by atoms with Crippen molar-refractivity contribution in [3.8, 4) is 5.75 Å². The van der Waals surface area contributed by atoms with Crippen LogP contribution in [-0.4, -0.2) is 29.5 Å². The van der Waals surface area contributed by atoms with Gasteiger partial charge in [-0.25, -0.2) is 0 Å². The van der Waals surface area contributed by atoms with Crippen LogP contribution >= 0.6 is 11.3 Å². The second-order valence-corrected chi connectivity index (χ2v) is 13.9. The predicted octanol–water partition coefficient (Wildman–Crippen LogP) is 7.06. The third-order valence-corrected chi connectivity index (χ3v) is 10.6. The Hall–Kier alpha value is -3.87. The van der Waals surface area contributed by atoms with Crippen LogP contribution in [0, 0.1) is 18.8 Å². The van der Waals surface area contributed by atoms with Crippen molar-refractivity contribution in [2.75, 3.05) is 0 Å². The summed E-state index contributed by atoms with van der Waals surface area (Å²) in [7, 11) is 0. The van der Waals surface area contributed by atoms with Gasteiger partial charge in [-0.3, -0.25) is 14.6 Å². The number of rotatable bonds is 8. The summed E-state index contributed by atoms with van der Waals surface area (Å²) in [6.45, 7) is 3.10. The molecular formula is C38H38N2O3S. The topological polar surface area (TPSA) is 67.8 Å². The van der Waals surface area contributed by atoms with Gasteiger partial charge in [-0.15, -0.1) is 11.3 Å². The fourth-order valence-electron chi connectivity index (χ4n) is 7.38. The Bertz CT molecular complexity index is 1710. The zero-order valence-corrected chi connectivity index (χ0v) is 25.9. The fourth-order valence-corrected chi connectivity index (χ4v) is 8.22. The van der Waals surface area contributed by atoms with Crippen molar-refractivity contribution < 1.29 is 14.3 Å². The van der Waals surface area contributed by atoms with E-state index < -0.39 is 6.04 Å². The predicted molar refractivity (Wildman–Crippen MR) is 176 cm³/mol. The first-order chi connectivity index (χ1) is 21.5. The van der Waals surface area contributed by atoms with Crippen molar-refractivity contribution in [2.45, 2.75) is 70.5 Å². The molecule has 1 aliphatic heterocycles. The minimum Gasteiger partial charge on any atom is -0.427 e. The molecule has 44 heavy (non-hydrogen) atoms. The minimum atomic E-state index is -0.588. The Kier molecular flexibility index (Phi) is 8.28. The van der Waals surface area contributed by atoms with E-state index in [2.05, 4.69) is 36.5 Å². The number of nitrogens with one attached hydrogen (secondary N) is 1. The van der Waals surface area contributed by atoms with Gasteiger partial charge in [0.15, 0.2) is 5.78 Å². The highest BCUT2D eigenvalue weighted by atomic mass is 32.1. The number of esters is 1. The molecule has 1 saturated carbocycles. The van der Waals surface area contributed by atoms with Crippen LogP contribution in [0.1, 0.15) is 63.3 Å². The van der Waals surface area contributed by atoms with Gasteiger partial charge in [0.1, 0.15) is 11.8 Å². The van der Waals surface area contributed by atoms with Crippen LogP contribution in [0.15, 0.2) is 89.9 Å². The number of carbonyl (C=O) groups excluding carboxylic acids is 2. The van der Waals surface area contributed by atoms with Crippen LogP contribution in [0.5, 0.6) is 5.75 Å². The number of benzene rings is 3. The molecule has 4 atom stereocenters. The highest BCUT2D eigenvalue weighted by Gasteiger charge is 2.39. The number of hydrogen-bond donors (Lipinski definition) is 1. The van der Waals surface area contributed by atoms with Gasteiger partial charge in [-0.2, -0.15) is 0 Å². The van der Waals surface area contributed by atoms with E-state index >= 15 is 0 Å². The average molecular weight is 603 g/mol. The largest absolute Gasteiger partial charge is 0.427 e. The number of nitrogens with zero attached hydrogens (tertiary/aromatic N) is 1. The normalized spacial score (nSPS) is 22.4. The zero-order valence-electron chi connectivity index (χ0n) is 25.1. The van der Waals surface area contributed by atoms with E-state index in [0.717, 1.165) is 41.8 Å². The van der Waals surface area contributed by atoms with Gasteiger partial charge < -0.3 is 10.1 Å². The molecule has 2 heterocycles. The lowest BCUT2D eigenvalue weighted by molar-refractivity contribution is -0.134. The molecule has 1 aromatic heterocycles. The molecule has 2 aliphatic carbocycles. The number of hydrogen-bond acceptors (Lipinski definition) is 6. The van der Waals surface area contributed by atoms with Crippen molar-refractivity contribution in [3.63, 3.8) is 0 Å². The Balaban J connectivity index is 1.01. The summed E-state index contributed by atoms with van der Waals surface area (Å²) in [6, 6.07) is 28.5. The molecule has 4 aromatic rings. The van der Waals surface area contributed by atoms with Gasteiger partial charge in [0.25, 0.3) is 0 Å². The second-order valence-electron chi connectivity index (χ2n) is 12.5. The molecule has 3 aliphatic rings. The van der Waals surface area contributed by atoms with E-state index in [-0.39, 0.29) is 18.2 Å². The Labute approximate surface area is 263 Å². The Morgan fingerprint density at radius 1 is 0.909 bits per heavy atom. The van der Waals surface area contributed by atoms with Crippen molar-refractivity contribution >= 4 is 28.8 Å². The molecule has 7 rings (SSSR count). The molecule has 6 heteroatoms. The maximum Gasteiger partial charge on any atom is 0.311 e. The number of thiophene rings is 1. The summed E-state index contributed by atoms with van der Waals surface area (Å²) in [5.41, 5.74) is 6.42. The van der Waals surface area contributed by atoms with Crippen molar-refractivity contribution in [3.05, 3.63) is 123 Å². The quantitative estimate of drug-likeness (QED) is 0.173. The molecular weight excluding hydrogens is 564 g/mol. The lowest BCUT2D eigenvalue weighted by Crippen LogP contribution is -2.37. The van der Waals surface area contributed by atoms with Gasteiger partial charge in [-0.05, 0) is 91.8 Å². The van der Waals surface area contributed by atoms with Gasteiger partial charge in [0.05, 0.1) is 5.71 Å². The van der Waals surface area contributed by atoms with Crippen molar-refractivity contribution in [1.29, 1.82) is 0 Å². The van der Waals surface area contributed by atoms with Crippen LogP contribution in [0.4, 0.5) is 0 Å². The summed E-state index contributed by atoms with van der Waals surface area (Å²) in [6.07, 6.45) is 5.34. The molecule has 2 bridgehead atoms. The number of aryl methyl sites for hydroxylation is 1. The van der Waals surface area contributed by atoms with E-state index in [4.69, 9.17) is 9.73 Å². The molecule has 0 unspecified atom stereocenters. The lowest BCUT2D eigenvalue weighted by atomic mass is 9.93. The monoisotopic (exact) mass is 602 g/mol. The maximum absolute atomic E-state index is 13.3. The minimum absolute atomic E-state index is 0.0358. The zero-order chi connectivity index (χ0) is 30.0. The first kappa shape index (κ1) is 28.9. The number of carbonyl (C=O) groups is 2. The lowest BCUT2D eigenvalue weighted by Gasteiger charge is -2.23. The Morgan fingerprint density at radius 3 is 2.48 bits per heavy atom. The second kappa shape index (κ2) is 12.6. The highest BCUT2D eigenvalue weighted by Crippen LogP contribution is 2.41. The first-order valence-corrected chi connectivity index (χ1v) is 16.7. The molecule has 0 saturated heterocycles. The average Bonchev–Trinajstić information content (AvgIpc) is 3.53. The van der Waals surface area contributed by atoms with Gasteiger partial charge >= 0.3 is 5.97 Å². The number of Topliss-reactive ketones (excluding diaryl/α,β-unsaturated/α-hetero) is 1. The molecule has 3 aromatic carbocycles. The summed E-state index contributed by atoms with van der Waals surface area (Å²) < 4.78 is 5.85. The number of ether oxygens (including phenoxy) is 1. The molecule has 5 nitrogen and oxygen atoms in total. The third-order valence-electron chi connectivity index (χ3n) is 9.57. The van der Waals surface area contributed by atoms with E-state index in [1.54, 1.807) is 0 Å². The van der Waals surface area contributed by atoms with Gasteiger partial charge in [0, 0.05) is 46.3 Å². The first-order valence-electron chi connectivity index (χ1n) is 15.9. The van der Waals surface area contributed by atoms with Gasteiger partial charge in [0.2, 0.25) is 0 Å². The standard InChI is InChI=1S/C38H38N2O3S/c1-24-11-16-32(44-24)23-39-37-28-12-13-29(37)20-30-21-31(15-14-26(30)19-28)43-36(42)18-17-34-35(41)22-27-9-5-6-10-33(27)38(40-34)25-7-3-2-4-8-25/h2-11,14-16,21,28-29,34,37,39H,12-13,17-20,22-23H2,1H3/t28-,29+,34+,37+/m0/s1. The summed E-state index contributed by atoms with van der Waals surface area (Å²) >= 11 is 1.87. The van der Waals surface area contributed by atoms with Gasteiger partial charge in [-0.1, -0.05) is 60.7 Å². The molecule has 0 radical (unpaired) electrons. The SMILES string of the molecule is Cc1ccc(CN[C@H]2[C@@H]3CC[C@H]2Cc2ccc(OC(=O)CC[C@H]4N=C(c5ccccc5)c5ccccc5CC4=O)cc2C3)s1. The number of aliphatic imine (C=N–C) groups is 1. The summed E-state index contributed by atoms with van der Waals surface area (Å²) in [5.74, 6) is 1.54. The van der Waals surface area contributed by atoms with Crippen molar-refractivity contribution in [2.24, 2.45) is 16.8 Å². The van der Waals surface area contributed by atoms with Crippen molar-refractivity contribution in [1.82, 2.24) is 5.32 Å². The molecule has 1 N–H and O–H groups in total. The number of ketones is 1. The molecule has 0 spiro atoms. The summed E-state index contributed by atoms with van der Waals surface area (Å²) in [4.78, 5) is 34.0. The molecule has 1 fully saturated rings. The Morgan fingerprint density at radius 2 is 1.68 bits per heavy atom. The fraction of sp³-hybridized carbons (Fsp3) is 0.342. The smallest absolute Gasteiger partial charge is 0.311 e. The van der Waals surface area contributed by atoms with Crippen LogP contribution in [-0.2, 0) is 35.4 Å². The van der Waals surface area contributed by atoms with E-state index in [0.29, 0.717) is 36.5 Å². The number of fused-ring (bicyclic) bond motifs is 4. The van der Waals surface area contributed by atoms with E-state index in [9.17, 15) is 9.59 Å². The van der Waals surface area contributed by atoms with Crippen LogP contribution in [0.2, 0.25) is 0 Å². The van der Waals surface area contributed by atoms with Crippen LogP contribution in [0.3, 0.4) is 0 Å². The van der Waals surface area contributed by atoms with E-state index in [1.807, 2.05) is 72.0 Å². The molecule has 0 amide bonds. The van der Waals surface area contributed by atoms with E-state index in [1.165, 1.54) is 33.7 Å². The third kappa shape index (κ3) is 6.19.